The molecule has 3 N–H and O–H groups in total. The summed E-state index contributed by atoms with van der Waals surface area (Å²) in [5.41, 5.74) is 0.987. The van der Waals surface area contributed by atoms with Crippen LogP contribution in [-0.2, 0) is 9.53 Å². The Hall–Kier alpha value is -2.50. The first kappa shape index (κ1) is 24.6. The first-order valence-electron chi connectivity index (χ1n) is 11.2. The van der Waals surface area contributed by atoms with Gasteiger partial charge in [0.25, 0.3) is 0 Å². The summed E-state index contributed by atoms with van der Waals surface area (Å²) in [5, 5.41) is 8.91. The van der Waals surface area contributed by atoms with Gasteiger partial charge in [0.1, 0.15) is 11.6 Å². The van der Waals surface area contributed by atoms with E-state index in [1.165, 1.54) is 6.20 Å². The van der Waals surface area contributed by atoms with Crippen LogP contribution >= 0.6 is 11.6 Å². The van der Waals surface area contributed by atoms with Crippen molar-refractivity contribution in [1.82, 2.24) is 20.3 Å². The minimum absolute atomic E-state index is 0.172. The average molecular weight is 499 g/mol. The van der Waals surface area contributed by atoms with Gasteiger partial charge in [-0.3, -0.25) is 9.78 Å². The molecule has 0 saturated carbocycles. The van der Waals surface area contributed by atoms with Gasteiger partial charge in [-0.15, -0.1) is 0 Å². The summed E-state index contributed by atoms with van der Waals surface area (Å²) >= 11 is 6.32. The molecular weight excluding hydrogens is 473 g/mol. The van der Waals surface area contributed by atoms with Gasteiger partial charge in [-0.25, -0.2) is 9.97 Å². The molecule has 12 heteroatoms. The number of nitrogens with one attached hydrogen (secondary N) is 3. The highest BCUT2D eigenvalue weighted by molar-refractivity contribution is 6.33. The summed E-state index contributed by atoms with van der Waals surface area (Å²) in [6, 6.07) is 1.55. The molecule has 2 atom stereocenters. The fourth-order valence-corrected chi connectivity index (χ4v) is 4.30. The SMILES string of the molecule is O=C(Nc1cc(-c2cncc(NCC3CCOCC3)n2)c(Cl)cn1)[C@H]1CNC[C@@H](C(F)(F)F)C1. The van der Waals surface area contributed by atoms with Crippen LogP contribution in [0.25, 0.3) is 11.3 Å². The second-order valence-electron chi connectivity index (χ2n) is 8.59. The average Bonchev–Trinajstić information content (AvgIpc) is 2.84. The monoisotopic (exact) mass is 498 g/mol. The Morgan fingerprint density at radius 3 is 2.74 bits per heavy atom. The van der Waals surface area contributed by atoms with Gasteiger partial charge >= 0.3 is 6.18 Å². The van der Waals surface area contributed by atoms with Gasteiger partial charge in [0, 0.05) is 44.6 Å². The third kappa shape index (κ3) is 6.34. The number of ether oxygens (including phenoxy) is 1. The maximum atomic E-state index is 13.1. The Kier molecular flexibility index (Phi) is 7.84. The summed E-state index contributed by atoms with van der Waals surface area (Å²) < 4.78 is 44.6. The lowest BCUT2D eigenvalue weighted by molar-refractivity contribution is -0.181. The van der Waals surface area contributed by atoms with Crippen LogP contribution in [0.4, 0.5) is 24.8 Å². The first-order valence-corrected chi connectivity index (χ1v) is 11.5. The fraction of sp³-hybridized carbons (Fsp3) is 0.545. The largest absolute Gasteiger partial charge is 0.393 e. The highest BCUT2D eigenvalue weighted by Gasteiger charge is 2.43. The van der Waals surface area contributed by atoms with E-state index in [1.807, 2.05) is 0 Å². The lowest BCUT2D eigenvalue weighted by Gasteiger charge is -2.30. The number of amides is 1. The number of nitrogens with zero attached hydrogens (tertiary/aromatic N) is 3. The molecule has 0 radical (unpaired) electrons. The molecule has 184 valence electrons. The van der Waals surface area contributed by atoms with Crippen molar-refractivity contribution in [1.29, 1.82) is 0 Å². The van der Waals surface area contributed by atoms with E-state index in [0.29, 0.717) is 28.0 Å². The molecule has 0 aliphatic carbocycles. The van der Waals surface area contributed by atoms with Crippen molar-refractivity contribution in [3.8, 4) is 11.3 Å². The minimum Gasteiger partial charge on any atom is -0.381 e. The zero-order chi connectivity index (χ0) is 24.1. The summed E-state index contributed by atoms with van der Waals surface area (Å²) in [4.78, 5) is 25.5. The maximum absolute atomic E-state index is 13.1. The van der Waals surface area contributed by atoms with Crippen LogP contribution in [0.3, 0.4) is 0 Å². The predicted octanol–water partition coefficient (Wildman–Crippen LogP) is 3.76. The molecule has 2 saturated heterocycles. The number of carbonyl (C=O) groups excluding carboxylic acids is 1. The molecule has 2 aliphatic rings. The Balaban J connectivity index is 1.43. The molecule has 4 rings (SSSR count). The third-order valence-corrected chi connectivity index (χ3v) is 6.42. The van der Waals surface area contributed by atoms with Gasteiger partial charge in [0.05, 0.1) is 34.9 Å². The second-order valence-corrected chi connectivity index (χ2v) is 9.00. The topological polar surface area (TPSA) is 101 Å². The van der Waals surface area contributed by atoms with Gasteiger partial charge in [0.2, 0.25) is 5.91 Å². The van der Waals surface area contributed by atoms with E-state index in [2.05, 4.69) is 30.9 Å². The zero-order valence-corrected chi connectivity index (χ0v) is 19.1. The van der Waals surface area contributed by atoms with Gasteiger partial charge in [0.15, 0.2) is 0 Å². The molecular formula is C22H26ClF3N6O2. The van der Waals surface area contributed by atoms with Gasteiger partial charge < -0.3 is 20.7 Å². The number of aromatic nitrogens is 3. The molecule has 2 aliphatic heterocycles. The molecule has 0 spiro atoms. The number of carbonyl (C=O) groups is 1. The highest BCUT2D eigenvalue weighted by Crippen LogP contribution is 2.33. The quantitative estimate of drug-likeness (QED) is 0.557. The van der Waals surface area contributed by atoms with Gasteiger partial charge in [-0.1, -0.05) is 11.6 Å². The molecule has 0 bridgehead atoms. The molecule has 2 aromatic rings. The van der Waals surface area contributed by atoms with Crippen molar-refractivity contribution < 1.29 is 22.7 Å². The van der Waals surface area contributed by atoms with E-state index in [9.17, 15) is 18.0 Å². The summed E-state index contributed by atoms with van der Waals surface area (Å²) in [5.74, 6) is -1.64. The van der Waals surface area contributed by atoms with E-state index in [1.54, 1.807) is 18.5 Å². The Bertz CT molecular complexity index is 1000. The molecule has 8 nitrogen and oxygen atoms in total. The number of pyridine rings is 1. The van der Waals surface area contributed by atoms with Crippen LogP contribution < -0.4 is 16.0 Å². The molecule has 1 amide bonds. The lowest BCUT2D eigenvalue weighted by atomic mass is 9.89. The van der Waals surface area contributed by atoms with Crippen molar-refractivity contribution in [2.45, 2.75) is 25.4 Å². The number of anilines is 2. The van der Waals surface area contributed by atoms with Crippen molar-refractivity contribution in [3.63, 3.8) is 0 Å². The summed E-state index contributed by atoms with van der Waals surface area (Å²) in [7, 11) is 0. The zero-order valence-electron chi connectivity index (χ0n) is 18.4. The molecule has 0 aromatic carbocycles. The van der Waals surface area contributed by atoms with E-state index in [0.717, 1.165) is 32.6 Å². The third-order valence-electron chi connectivity index (χ3n) is 6.11. The second kappa shape index (κ2) is 10.8. The smallest absolute Gasteiger partial charge is 0.381 e. The minimum atomic E-state index is -4.35. The van der Waals surface area contributed by atoms with Crippen molar-refractivity contribution in [2.75, 3.05) is 43.5 Å². The molecule has 4 heterocycles. The normalized spacial score (nSPS) is 21.8. The van der Waals surface area contributed by atoms with Crippen LogP contribution in [0.15, 0.2) is 24.7 Å². The van der Waals surface area contributed by atoms with Crippen molar-refractivity contribution >= 4 is 29.1 Å². The molecule has 0 unspecified atom stereocenters. The van der Waals surface area contributed by atoms with E-state index in [4.69, 9.17) is 16.3 Å². The Morgan fingerprint density at radius 2 is 1.97 bits per heavy atom. The number of piperidine rings is 1. The number of alkyl halides is 3. The molecule has 2 fully saturated rings. The van der Waals surface area contributed by atoms with Crippen molar-refractivity contribution in [3.05, 3.63) is 29.7 Å². The van der Waals surface area contributed by atoms with E-state index < -0.39 is 23.9 Å². The summed E-state index contributed by atoms with van der Waals surface area (Å²) in [6.45, 7) is 2.25. The fourth-order valence-electron chi connectivity index (χ4n) is 4.10. The van der Waals surface area contributed by atoms with Crippen LogP contribution in [0, 0.1) is 17.8 Å². The predicted molar refractivity (Wildman–Crippen MR) is 121 cm³/mol. The molecule has 2 aromatic heterocycles. The number of rotatable bonds is 6. The van der Waals surface area contributed by atoms with Crippen LogP contribution in [0.5, 0.6) is 0 Å². The Morgan fingerprint density at radius 1 is 1.18 bits per heavy atom. The van der Waals surface area contributed by atoms with Gasteiger partial charge in [-0.2, -0.15) is 13.2 Å². The van der Waals surface area contributed by atoms with Crippen LogP contribution in [0.2, 0.25) is 5.02 Å². The van der Waals surface area contributed by atoms with Crippen LogP contribution in [0.1, 0.15) is 19.3 Å². The maximum Gasteiger partial charge on any atom is 0.393 e. The lowest BCUT2D eigenvalue weighted by Crippen LogP contribution is -2.46. The van der Waals surface area contributed by atoms with Crippen molar-refractivity contribution in [2.24, 2.45) is 17.8 Å². The Labute approximate surface area is 200 Å². The highest BCUT2D eigenvalue weighted by atomic mass is 35.5. The summed E-state index contributed by atoms with van der Waals surface area (Å²) in [6.07, 6.45) is 1.89. The number of halogens is 4. The first-order chi connectivity index (χ1) is 16.3. The standard InChI is InChI=1S/C22H26ClF3N6O2/c23-17-10-30-19(32-21(33)14-5-15(9-27-8-14)22(24,25)26)6-16(17)18-11-28-12-20(31-18)29-7-13-1-3-34-4-2-13/h6,10-15,27H,1-5,7-9H2,(H,29,31)(H,30,32,33)/t14-,15+/m1/s1. The van der Waals surface area contributed by atoms with Crippen LogP contribution in [-0.4, -0.2) is 59.9 Å². The number of hydrogen-bond donors (Lipinski definition) is 3. The molecule has 34 heavy (non-hydrogen) atoms. The number of hydrogen-bond acceptors (Lipinski definition) is 7. The van der Waals surface area contributed by atoms with Gasteiger partial charge in [-0.05, 0) is 31.2 Å². The van der Waals surface area contributed by atoms with E-state index >= 15 is 0 Å². The van der Waals surface area contributed by atoms with E-state index in [-0.39, 0.29) is 25.3 Å².